The molecular formula is C14H21N3O4. The molecule has 0 saturated carbocycles. The number of hydrogen-bond donors (Lipinski definition) is 2. The Labute approximate surface area is 123 Å². The van der Waals surface area contributed by atoms with Crippen molar-refractivity contribution >= 4 is 17.5 Å². The van der Waals surface area contributed by atoms with Crippen molar-refractivity contribution in [3.8, 4) is 0 Å². The third kappa shape index (κ3) is 5.76. The Morgan fingerprint density at radius 1 is 1.52 bits per heavy atom. The summed E-state index contributed by atoms with van der Waals surface area (Å²) in [6, 6.07) is 1.48. The van der Waals surface area contributed by atoms with Crippen LogP contribution in [0.1, 0.15) is 38.2 Å². The van der Waals surface area contributed by atoms with Gasteiger partial charge in [-0.25, -0.2) is 4.98 Å². The van der Waals surface area contributed by atoms with Gasteiger partial charge >= 0.3 is 5.97 Å². The predicted octanol–water partition coefficient (Wildman–Crippen LogP) is 2.99. The maximum Gasteiger partial charge on any atom is 0.303 e. The number of aliphatic carboxylic acids is 1. The van der Waals surface area contributed by atoms with Crippen LogP contribution in [-0.2, 0) is 4.79 Å². The van der Waals surface area contributed by atoms with Gasteiger partial charge in [0.15, 0.2) is 0 Å². The Morgan fingerprint density at radius 3 is 2.76 bits per heavy atom. The van der Waals surface area contributed by atoms with E-state index in [0.717, 1.165) is 18.4 Å². The van der Waals surface area contributed by atoms with Crippen LogP contribution in [0.2, 0.25) is 0 Å². The summed E-state index contributed by atoms with van der Waals surface area (Å²) in [5, 5.41) is 22.5. The molecule has 21 heavy (non-hydrogen) atoms. The van der Waals surface area contributed by atoms with Gasteiger partial charge in [0.05, 0.1) is 4.92 Å². The smallest absolute Gasteiger partial charge is 0.303 e. The summed E-state index contributed by atoms with van der Waals surface area (Å²) in [7, 11) is 0. The summed E-state index contributed by atoms with van der Waals surface area (Å²) in [6.45, 7) is 4.48. The minimum atomic E-state index is -0.769. The molecule has 7 nitrogen and oxygen atoms in total. The minimum absolute atomic E-state index is 0.0223. The maximum absolute atomic E-state index is 10.6. The van der Waals surface area contributed by atoms with E-state index in [9.17, 15) is 14.9 Å². The van der Waals surface area contributed by atoms with Crippen LogP contribution in [0, 0.1) is 23.0 Å². The second kappa shape index (κ2) is 8.18. The molecule has 0 aliphatic heterocycles. The van der Waals surface area contributed by atoms with Crippen molar-refractivity contribution in [1.29, 1.82) is 0 Å². The van der Waals surface area contributed by atoms with Gasteiger partial charge in [-0.15, -0.1) is 0 Å². The lowest BCUT2D eigenvalue weighted by Crippen LogP contribution is -2.11. The van der Waals surface area contributed by atoms with Gasteiger partial charge in [0.1, 0.15) is 12.0 Å². The minimum Gasteiger partial charge on any atom is -0.481 e. The van der Waals surface area contributed by atoms with Crippen LogP contribution in [-0.4, -0.2) is 27.5 Å². The number of carboxylic acids is 1. The molecule has 1 aromatic rings. The molecule has 1 unspecified atom stereocenters. The van der Waals surface area contributed by atoms with E-state index >= 15 is 0 Å². The van der Waals surface area contributed by atoms with Crippen LogP contribution in [0.15, 0.2) is 12.3 Å². The fourth-order valence-electron chi connectivity index (χ4n) is 2.12. The van der Waals surface area contributed by atoms with Crippen LogP contribution in [0.4, 0.5) is 11.5 Å². The molecule has 0 aliphatic carbocycles. The fraction of sp³-hybridized carbons (Fsp3) is 0.571. The van der Waals surface area contributed by atoms with Gasteiger partial charge in [0.25, 0.3) is 5.69 Å². The lowest BCUT2D eigenvalue weighted by Gasteiger charge is -2.15. The quantitative estimate of drug-likeness (QED) is 0.536. The number of hydrogen-bond acceptors (Lipinski definition) is 5. The Bertz CT molecular complexity index is 505. The summed E-state index contributed by atoms with van der Waals surface area (Å²) < 4.78 is 0. The largest absolute Gasteiger partial charge is 0.481 e. The first-order valence-electron chi connectivity index (χ1n) is 7.00. The average Bonchev–Trinajstić information content (AvgIpc) is 2.43. The number of carbonyl (C=O) groups is 1. The number of rotatable bonds is 9. The highest BCUT2D eigenvalue weighted by Gasteiger charge is 2.11. The van der Waals surface area contributed by atoms with Crippen molar-refractivity contribution in [2.75, 3.05) is 11.9 Å². The molecule has 0 bridgehead atoms. The van der Waals surface area contributed by atoms with Crippen molar-refractivity contribution in [3.05, 3.63) is 27.9 Å². The molecule has 0 aromatic carbocycles. The number of carboxylic acid groups (broad SMARTS) is 1. The van der Waals surface area contributed by atoms with Crippen LogP contribution in [0.3, 0.4) is 0 Å². The highest BCUT2D eigenvalue weighted by Crippen LogP contribution is 2.19. The maximum atomic E-state index is 10.6. The molecule has 116 valence electrons. The van der Waals surface area contributed by atoms with Crippen molar-refractivity contribution in [1.82, 2.24) is 4.98 Å². The van der Waals surface area contributed by atoms with Gasteiger partial charge < -0.3 is 10.4 Å². The summed E-state index contributed by atoms with van der Waals surface area (Å²) in [5.41, 5.74) is 0.703. The molecule has 0 amide bonds. The van der Waals surface area contributed by atoms with E-state index in [1.54, 1.807) is 6.92 Å². The second-order valence-corrected chi connectivity index (χ2v) is 5.04. The van der Waals surface area contributed by atoms with Crippen molar-refractivity contribution in [2.45, 2.75) is 39.5 Å². The summed E-state index contributed by atoms with van der Waals surface area (Å²) in [5.74, 6) is 0.218. The molecule has 0 aliphatic rings. The van der Waals surface area contributed by atoms with Crippen LogP contribution < -0.4 is 5.32 Å². The molecule has 2 N–H and O–H groups in total. The highest BCUT2D eigenvalue weighted by atomic mass is 16.6. The number of aryl methyl sites for hydroxylation is 1. The Balaban J connectivity index is 2.47. The van der Waals surface area contributed by atoms with Crippen LogP contribution in [0.5, 0.6) is 0 Å². The van der Waals surface area contributed by atoms with Gasteiger partial charge in [-0.2, -0.15) is 0 Å². The molecule has 0 radical (unpaired) electrons. The van der Waals surface area contributed by atoms with E-state index in [-0.39, 0.29) is 12.1 Å². The lowest BCUT2D eigenvalue weighted by atomic mass is 9.96. The lowest BCUT2D eigenvalue weighted by molar-refractivity contribution is -0.385. The van der Waals surface area contributed by atoms with Crippen molar-refractivity contribution in [2.24, 2.45) is 5.92 Å². The van der Waals surface area contributed by atoms with Gasteiger partial charge in [-0.1, -0.05) is 13.3 Å². The molecule has 1 heterocycles. The van der Waals surface area contributed by atoms with E-state index < -0.39 is 10.9 Å². The summed E-state index contributed by atoms with van der Waals surface area (Å²) in [6.07, 6.45) is 3.87. The van der Waals surface area contributed by atoms with Crippen molar-refractivity contribution < 1.29 is 14.8 Å². The molecule has 0 saturated heterocycles. The van der Waals surface area contributed by atoms with E-state index in [2.05, 4.69) is 10.3 Å². The standard InChI is InChI=1S/C14H21N3O4/c1-3-11(4-5-13(18)19)6-7-15-14-10(2)8-12(9-16-14)17(20)21/h8-9,11H,3-7H2,1-2H3,(H,15,16)(H,18,19). The Hall–Kier alpha value is -2.18. The Morgan fingerprint density at radius 2 is 2.24 bits per heavy atom. The monoisotopic (exact) mass is 295 g/mol. The zero-order valence-electron chi connectivity index (χ0n) is 12.3. The van der Waals surface area contributed by atoms with E-state index in [4.69, 9.17) is 5.11 Å². The summed E-state index contributed by atoms with van der Waals surface area (Å²) in [4.78, 5) is 24.8. The molecule has 7 heteroatoms. The van der Waals surface area contributed by atoms with Gasteiger partial charge in [-0.3, -0.25) is 14.9 Å². The number of aromatic nitrogens is 1. The zero-order chi connectivity index (χ0) is 15.8. The van der Waals surface area contributed by atoms with Gasteiger partial charge in [0, 0.05) is 19.0 Å². The van der Waals surface area contributed by atoms with E-state index in [1.807, 2.05) is 6.92 Å². The third-order valence-electron chi connectivity index (χ3n) is 3.46. The SMILES string of the molecule is CCC(CCNc1ncc([N+](=O)[O-])cc1C)CCC(=O)O. The fourth-order valence-corrected chi connectivity index (χ4v) is 2.12. The molecule has 1 rings (SSSR count). The highest BCUT2D eigenvalue weighted by molar-refractivity contribution is 5.66. The van der Waals surface area contributed by atoms with E-state index in [0.29, 0.717) is 24.7 Å². The number of anilines is 1. The normalized spacial score (nSPS) is 11.9. The first kappa shape index (κ1) is 16.9. The molecule has 1 atom stereocenters. The zero-order valence-corrected chi connectivity index (χ0v) is 12.3. The average molecular weight is 295 g/mol. The first-order chi connectivity index (χ1) is 9.93. The van der Waals surface area contributed by atoms with Gasteiger partial charge in [-0.05, 0) is 31.2 Å². The molecule has 0 fully saturated rings. The summed E-state index contributed by atoms with van der Waals surface area (Å²) >= 11 is 0. The molecular weight excluding hydrogens is 274 g/mol. The number of nitro groups is 1. The van der Waals surface area contributed by atoms with Crippen LogP contribution >= 0.6 is 0 Å². The van der Waals surface area contributed by atoms with E-state index in [1.165, 1.54) is 12.3 Å². The molecule has 0 spiro atoms. The number of nitrogens with zero attached hydrogens (tertiary/aromatic N) is 2. The molecule has 1 aromatic heterocycles. The van der Waals surface area contributed by atoms with Crippen molar-refractivity contribution in [3.63, 3.8) is 0 Å². The predicted molar refractivity (Wildman–Crippen MR) is 79.4 cm³/mol. The first-order valence-corrected chi connectivity index (χ1v) is 7.00. The second-order valence-electron chi connectivity index (χ2n) is 5.04. The van der Waals surface area contributed by atoms with Gasteiger partial charge in [0.2, 0.25) is 0 Å². The number of nitrogens with one attached hydrogen (secondary N) is 1. The Kier molecular flexibility index (Phi) is 6.58. The van der Waals surface area contributed by atoms with Crippen LogP contribution in [0.25, 0.3) is 0 Å². The number of pyridine rings is 1. The third-order valence-corrected chi connectivity index (χ3v) is 3.46. The topological polar surface area (TPSA) is 105 Å².